The molecule has 2 aliphatic rings. The fraction of sp³-hybridized carbons (Fsp3) is 0.500. The first-order chi connectivity index (χ1) is 10.0. The minimum absolute atomic E-state index is 0.168. The number of carbonyl (C=O) groups is 2. The Morgan fingerprint density at radius 2 is 1.62 bits per heavy atom. The third kappa shape index (κ3) is 2.42. The van der Waals surface area contributed by atoms with E-state index in [0.29, 0.717) is 0 Å². The molecule has 1 aliphatic carbocycles. The van der Waals surface area contributed by atoms with E-state index in [1.54, 1.807) is 0 Å². The summed E-state index contributed by atoms with van der Waals surface area (Å²) in [6.07, 6.45) is 4.18. The molecule has 21 heavy (non-hydrogen) atoms. The zero-order valence-corrected chi connectivity index (χ0v) is 12.3. The highest BCUT2D eigenvalue weighted by Crippen LogP contribution is 2.40. The molecule has 1 aromatic rings. The van der Waals surface area contributed by atoms with E-state index >= 15 is 0 Å². The van der Waals surface area contributed by atoms with Gasteiger partial charge in [-0.15, -0.1) is 0 Å². The summed E-state index contributed by atoms with van der Waals surface area (Å²) < 4.78 is 0. The highest BCUT2D eigenvalue weighted by molar-refractivity contribution is 6.02. The molecule has 0 spiro atoms. The van der Waals surface area contributed by atoms with Crippen molar-refractivity contribution in [3.8, 4) is 0 Å². The molecule has 2 amide bonds. The number of rotatable bonds is 2. The van der Waals surface area contributed by atoms with Crippen LogP contribution in [0.2, 0.25) is 0 Å². The standard InChI is InChI=1S/C16H21N3O2/c1-18-14(20)10-19(11-15(18)21)13-7-3-2-6-12(13)16(17)8-4-5-9-16/h2-3,6-7H,4-5,8-11,17H2,1H3. The Hall–Kier alpha value is -1.88. The van der Waals surface area contributed by atoms with E-state index in [9.17, 15) is 9.59 Å². The minimum atomic E-state index is -0.327. The SMILES string of the molecule is CN1C(=O)CN(c2ccccc2C2(N)CCCC2)CC1=O. The van der Waals surface area contributed by atoms with Crippen molar-refractivity contribution in [3.63, 3.8) is 0 Å². The molecule has 1 aliphatic heterocycles. The number of benzene rings is 1. The highest BCUT2D eigenvalue weighted by Gasteiger charge is 2.36. The number of hydrogen-bond donors (Lipinski definition) is 1. The van der Waals surface area contributed by atoms with Crippen LogP contribution in [0, 0.1) is 0 Å². The number of hydrogen-bond acceptors (Lipinski definition) is 4. The maximum Gasteiger partial charge on any atom is 0.248 e. The summed E-state index contributed by atoms with van der Waals surface area (Å²) in [6.45, 7) is 0.463. The second-order valence-corrected chi connectivity index (χ2v) is 6.08. The molecule has 1 saturated heterocycles. The first-order valence-electron chi connectivity index (χ1n) is 7.44. The fourth-order valence-electron chi connectivity index (χ4n) is 3.35. The molecule has 5 nitrogen and oxygen atoms in total. The van der Waals surface area contributed by atoms with Crippen LogP contribution in [0.4, 0.5) is 5.69 Å². The van der Waals surface area contributed by atoms with Gasteiger partial charge in [-0.3, -0.25) is 14.5 Å². The average Bonchev–Trinajstić information content (AvgIpc) is 2.92. The van der Waals surface area contributed by atoms with Crippen molar-refractivity contribution in [2.75, 3.05) is 25.0 Å². The Morgan fingerprint density at radius 3 is 2.24 bits per heavy atom. The van der Waals surface area contributed by atoms with Gasteiger partial charge in [0, 0.05) is 18.3 Å². The monoisotopic (exact) mass is 287 g/mol. The van der Waals surface area contributed by atoms with Crippen molar-refractivity contribution < 1.29 is 9.59 Å². The van der Waals surface area contributed by atoms with Crippen LogP contribution in [0.15, 0.2) is 24.3 Å². The summed E-state index contributed by atoms with van der Waals surface area (Å²) in [6, 6.07) is 7.91. The Kier molecular flexibility index (Phi) is 3.45. The van der Waals surface area contributed by atoms with Gasteiger partial charge in [0.05, 0.1) is 13.1 Å². The van der Waals surface area contributed by atoms with Crippen LogP contribution in [-0.4, -0.2) is 36.9 Å². The topological polar surface area (TPSA) is 66.6 Å². The second kappa shape index (κ2) is 5.15. The van der Waals surface area contributed by atoms with Gasteiger partial charge in [0.1, 0.15) is 0 Å². The first kappa shape index (κ1) is 14.1. The summed E-state index contributed by atoms with van der Waals surface area (Å²) in [7, 11) is 1.54. The lowest BCUT2D eigenvalue weighted by Gasteiger charge is -2.36. The van der Waals surface area contributed by atoms with E-state index in [4.69, 9.17) is 5.73 Å². The maximum atomic E-state index is 11.9. The fourth-order valence-corrected chi connectivity index (χ4v) is 3.35. The summed E-state index contributed by atoms with van der Waals surface area (Å²) in [4.78, 5) is 26.9. The van der Waals surface area contributed by atoms with Crippen molar-refractivity contribution in [1.82, 2.24) is 4.90 Å². The normalized spacial score (nSPS) is 22.0. The number of amides is 2. The molecule has 0 bridgehead atoms. The summed E-state index contributed by atoms with van der Waals surface area (Å²) in [5.74, 6) is -0.336. The first-order valence-corrected chi connectivity index (χ1v) is 7.44. The molecule has 3 rings (SSSR count). The van der Waals surface area contributed by atoms with Crippen LogP contribution >= 0.6 is 0 Å². The lowest BCUT2D eigenvalue weighted by atomic mass is 9.87. The van der Waals surface area contributed by atoms with E-state index in [2.05, 4.69) is 0 Å². The number of likely N-dealkylation sites (N-methyl/N-ethyl adjacent to an activating group) is 1. The van der Waals surface area contributed by atoms with Gasteiger partial charge < -0.3 is 10.6 Å². The number of para-hydroxylation sites is 1. The smallest absolute Gasteiger partial charge is 0.248 e. The zero-order chi connectivity index (χ0) is 15.0. The molecule has 0 radical (unpaired) electrons. The minimum Gasteiger partial charge on any atom is -0.353 e. The molecule has 1 heterocycles. The van der Waals surface area contributed by atoms with Crippen LogP contribution in [0.25, 0.3) is 0 Å². The molecule has 5 heteroatoms. The molecular weight excluding hydrogens is 266 g/mol. The number of anilines is 1. The molecule has 0 unspecified atom stereocenters. The van der Waals surface area contributed by atoms with Crippen molar-refractivity contribution >= 4 is 17.5 Å². The number of piperazine rings is 1. The van der Waals surface area contributed by atoms with E-state index in [1.807, 2.05) is 29.2 Å². The molecule has 112 valence electrons. The Morgan fingerprint density at radius 1 is 1.05 bits per heavy atom. The predicted octanol–water partition coefficient (Wildman–Crippen LogP) is 1.22. The second-order valence-electron chi connectivity index (χ2n) is 6.08. The number of nitrogens with two attached hydrogens (primary N) is 1. The van der Waals surface area contributed by atoms with Gasteiger partial charge in [0.2, 0.25) is 11.8 Å². The quantitative estimate of drug-likeness (QED) is 0.831. The zero-order valence-electron chi connectivity index (χ0n) is 12.3. The van der Waals surface area contributed by atoms with Gasteiger partial charge >= 0.3 is 0 Å². The molecule has 1 saturated carbocycles. The predicted molar refractivity (Wildman–Crippen MR) is 80.8 cm³/mol. The van der Waals surface area contributed by atoms with E-state index in [1.165, 1.54) is 11.9 Å². The summed E-state index contributed by atoms with van der Waals surface area (Å²) in [5, 5.41) is 0. The van der Waals surface area contributed by atoms with Crippen LogP contribution in [0.1, 0.15) is 31.2 Å². The highest BCUT2D eigenvalue weighted by atomic mass is 16.2. The van der Waals surface area contributed by atoms with Crippen LogP contribution in [-0.2, 0) is 15.1 Å². The molecule has 0 atom stereocenters. The van der Waals surface area contributed by atoms with Crippen molar-refractivity contribution in [3.05, 3.63) is 29.8 Å². The molecule has 2 fully saturated rings. The van der Waals surface area contributed by atoms with Gasteiger partial charge in [0.25, 0.3) is 0 Å². The summed E-state index contributed by atoms with van der Waals surface area (Å²) >= 11 is 0. The Labute approximate surface area is 124 Å². The number of imide groups is 1. The largest absolute Gasteiger partial charge is 0.353 e. The van der Waals surface area contributed by atoms with Gasteiger partial charge in [-0.25, -0.2) is 0 Å². The molecule has 1 aromatic carbocycles. The Bertz CT molecular complexity index is 561. The van der Waals surface area contributed by atoms with Crippen LogP contribution in [0.3, 0.4) is 0 Å². The molecule has 2 N–H and O–H groups in total. The van der Waals surface area contributed by atoms with Crippen molar-refractivity contribution in [2.45, 2.75) is 31.2 Å². The maximum absolute atomic E-state index is 11.9. The van der Waals surface area contributed by atoms with Crippen LogP contribution in [0.5, 0.6) is 0 Å². The van der Waals surface area contributed by atoms with Crippen molar-refractivity contribution in [1.29, 1.82) is 0 Å². The summed E-state index contributed by atoms with van der Waals surface area (Å²) in [5.41, 5.74) is 8.24. The molecular formula is C16H21N3O2. The Balaban J connectivity index is 1.96. The van der Waals surface area contributed by atoms with Gasteiger partial charge in [-0.05, 0) is 24.5 Å². The van der Waals surface area contributed by atoms with E-state index in [0.717, 1.165) is 36.9 Å². The van der Waals surface area contributed by atoms with Gasteiger partial charge in [-0.1, -0.05) is 31.0 Å². The van der Waals surface area contributed by atoms with Gasteiger partial charge in [0.15, 0.2) is 0 Å². The molecule has 0 aromatic heterocycles. The lowest BCUT2D eigenvalue weighted by Crippen LogP contribution is -2.53. The van der Waals surface area contributed by atoms with Gasteiger partial charge in [-0.2, -0.15) is 0 Å². The average molecular weight is 287 g/mol. The third-order valence-corrected chi connectivity index (χ3v) is 4.68. The van der Waals surface area contributed by atoms with Crippen LogP contribution < -0.4 is 10.6 Å². The van der Waals surface area contributed by atoms with E-state index in [-0.39, 0.29) is 30.4 Å². The number of carbonyl (C=O) groups excluding carboxylic acids is 2. The van der Waals surface area contributed by atoms with Crippen molar-refractivity contribution in [2.24, 2.45) is 5.73 Å². The van der Waals surface area contributed by atoms with E-state index < -0.39 is 0 Å². The lowest BCUT2D eigenvalue weighted by molar-refractivity contribution is -0.143. The third-order valence-electron chi connectivity index (χ3n) is 4.68. The number of nitrogens with zero attached hydrogens (tertiary/aromatic N) is 2.